The number of methoxy groups -OCH3 is 1. The van der Waals surface area contributed by atoms with Gasteiger partial charge in [0, 0.05) is 31.8 Å². The van der Waals surface area contributed by atoms with Gasteiger partial charge >= 0.3 is 0 Å². The molecule has 0 saturated carbocycles. The molecule has 6 heteroatoms. The average Bonchev–Trinajstić information content (AvgIpc) is 2.68. The largest absolute Gasteiger partial charge is 0.383 e. The number of rotatable bonds is 8. The first-order valence-corrected chi connectivity index (χ1v) is 8.40. The van der Waals surface area contributed by atoms with E-state index < -0.39 is 0 Å². The Balaban J connectivity index is 1.80. The van der Waals surface area contributed by atoms with Gasteiger partial charge in [-0.05, 0) is 17.7 Å². The Bertz CT molecular complexity index is 825. The van der Waals surface area contributed by atoms with E-state index in [1.165, 1.54) is 12.1 Å². The van der Waals surface area contributed by atoms with E-state index in [-0.39, 0.29) is 5.82 Å². The van der Waals surface area contributed by atoms with Crippen LogP contribution in [0.1, 0.15) is 5.56 Å². The molecule has 5 nitrogen and oxygen atoms in total. The van der Waals surface area contributed by atoms with E-state index in [1.807, 2.05) is 36.4 Å². The first-order chi connectivity index (χ1) is 12.7. The molecule has 0 amide bonds. The smallest absolute Gasteiger partial charge is 0.225 e. The number of aromatic nitrogens is 2. The van der Waals surface area contributed by atoms with Crippen LogP contribution in [0.3, 0.4) is 0 Å². The molecule has 3 rings (SSSR count). The van der Waals surface area contributed by atoms with Crippen LogP contribution < -0.4 is 10.6 Å². The van der Waals surface area contributed by atoms with E-state index in [2.05, 4.69) is 20.6 Å². The number of benzene rings is 2. The van der Waals surface area contributed by atoms with Crippen molar-refractivity contribution < 1.29 is 9.13 Å². The molecule has 0 aliphatic heterocycles. The number of hydrogen-bond donors (Lipinski definition) is 2. The molecule has 0 bridgehead atoms. The topological polar surface area (TPSA) is 59.1 Å². The quantitative estimate of drug-likeness (QED) is 0.601. The van der Waals surface area contributed by atoms with Crippen molar-refractivity contribution in [1.29, 1.82) is 0 Å². The number of hydrogen-bond acceptors (Lipinski definition) is 5. The highest BCUT2D eigenvalue weighted by Crippen LogP contribution is 2.21. The molecule has 0 atom stereocenters. The molecule has 0 radical (unpaired) electrons. The van der Waals surface area contributed by atoms with E-state index in [0.29, 0.717) is 25.6 Å². The normalized spacial score (nSPS) is 10.5. The minimum Gasteiger partial charge on any atom is -0.383 e. The summed E-state index contributed by atoms with van der Waals surface area (Å²) in [5.74, 6) is 0.980. The number of ether oxygens (including phenoxy) is 1. The highest BCUT2D eigenvalue weighted by Gasteiger charge is 2.07. The molecule has 3 aromatic rings. The Labute approximate surface area is 152 Å². The Kier molecular flexibility index (Phi) is 6.11. The Morgan fingerprint density at radius 1 is 0.962 bits per heavy atom. The van der Waals surface area contributed by atoms with Crippen LogP contribution in [0, 0.1) is 5.82 Å². The van der Waals surface area contributed by atoms with Gasteiger partial charge in [0.25, 0.3) is 0 Å². The lowest BCUT2D eigenvalue weighted by Gasteiger charge is -2.11. The molecule has 134 valence electrons. The van der Waals surface area contributed by atoms with Crippen molar-refractivity contribution in [3.8, 4) is 11.3 Å². The van der Waals surface area contributed by atoms with Crippen molar-refractivity contribution in [3.63, 3.8) is 0 Å². The molecule has 2 N–H and O–H groups in total. The molecule has 0 aliphatic rings. The van der Waals surface area contributed by atoms with Gasteiger partial charge in [-0.2, -0.15) is 4.98 Å². The molecule has 2 aromatic carbocycles. The summed E-state index contributed by atoms with van der Waals surface area (Å²) in [4.78, 5) is 9.10. The lowest BCUT2D eigenvalue weighted by Crippen LogP contribution is -2.11. The van der Waals surface area contributed by atoms with Crippen LogP contribution in [-0.2, 0) is 11.3 Å². The maximum atomic E-state index is 13.0. The first kappa shape index (κ1) is 17.8. The summed E-state index contributed by atoms with van der Waals surface area (Å²) in [6.07, 6.45) is 0. The second-order valence-electron chi connectivity index (χ2n) is 5.73. The third kappa shape index (κ3) is 5.00. The van der Waals surface area contributed by atoms with Crippen molar-refractivity contribution in [2.75, 3.05) is 30.9 Å². The molecule has 1 heterocycles. The summed E-state index contributed by atoms with van der Waals surface area (Å²) in [6, 6.07) is 18.2. The number of nitrogens with one attached hydrogen (secondary N) is 2. The van der Waals surface area contributed by atoms with E-state index in [4.69, 9.17) is 4.74 Å². The van der Waals surface area contributed by atoms with Gasteiger partial charge in [-0.25, -0.2) is 9.37 Å². The fraction of sp³-hybridized carbons (Fsp3) is 0.200. The predicted molar refractivity (Wildman–Crippen MR) is 102 cm³/mol. The van der Waals surface area contributed by atoms with Crippen molar-refractivity contribution >= 4 is 11.8 Å². The lowest BCUT2D eigenvalue weighted by atomic mass is 10.1. The predicted octanol–water partition coefficient (Wildman–Crippen LogP) is 3.95. The van der Waals surface area contributed by atoms with Crippen LogP contribution >= 0.6 is 0 Å². The van der Waals surface area contributed by atoms with Crippen LogP contribution in [0.25, 0.3) is 11.3 Å². The first-order valence-electron chi connectivity index (χ1n) is 8.40. The fourth-order valence-corrected chi connectivity index (χ4v) is 2.44. The van der Waals surface area contributed by atoms with Gasteiger partial charge in [-0.3, -0.25) is 0 Å². The minimum atomic E-state index is -0.249. The molecule has 0 spiro atoms. The third-order valence-corrected chi connectivity index (χ3v) is 3.77. The van der Waals surface area contributed by atoms with E-state index in [1.54, 1.807) is 19.2 Å². The van der Waals surface area contributed by atoms with Gasteiger partial charge in [0.15, 0.2) is 0 Å². The second kappa shape index (κ2) is 8.92. The molecule has 0 unspecified atom stereocenters. The van der Waals surface area contributed by atoms with Gasteiger partial charge in [0.05, 0.1) is 12.3 Å². The number of halogens is 1. The number of nitrogens with zero attached hydrogens (tertiary/aromatic N) is 2. The maximum absolute atomic E-state index is 13.0. The summed E-state index contributed by atoms with van der Waals surface area (Å²) < 4.78 is 18.1. The monoisotopic (exact) mass is 352 g/mol. The highest BCUT2D eigenvalue weighted by molar-refractivity contribution is 5.64. The van der Waals surface area contributed by atoms with Crippen LogP contribution in [0.15, 0.2) is 60.7 Å². The Morgan fingerprint density at radius 2 is 1.73 bits per heavy atom. The Morgan fingerprint density at radius 3 is 2.46 bits per heavy atom. The number of anilines is 2. The van der Waals surface area contributed by atoms with Gasteiger partial charge < -0.3 is 15.4 Å². The van der Waals surface area contributed by atoms with Crippen molar-refractivity contribution in [1.82, 2.24) is 9.97 Å². The van der Waals surface area contributed by atoms with Crippen LogP contribution in [0.2, 0.25) is 0 Å². The molecule has 0 saturated heterocycles. The zero-order valence-corrected chi connectivity index (χ0v) is 14.6. The molecule has 26 heavy (non-hydrogen) atoms. The second-order valence-corrected chi connectivity index (χ2v) is 5.73. The molecule has 0 aliphatic carbocycles. The molecular weight excluding hydrogens is 331 g/mol. The summed E-state index contributed by atoms with van der Waals surface area (Å²) in [6.45, 7) is 1.75. The average molecular weight is 352 g/mol. The van der Waals surface area contributed by atoms with Gasteiger partial charge in [0.2, 0.25) is 5.95 Å². The van der Waals surface area contributed by atoms with Crippen molar-refractivity contribution in [2.24, 2.45) is 0 Å². The fourth-order valence-electron chi connectivity index (χ4n) is 2.44. The molecule has 1 aromatic heterocycles. The summed E-state index contributed by atoms with van der Waals surface area (Å²) in [5, 5.41) is 6.44. The summed E-state index contributed by atoms with van der Waals surface area (Å²) in [7, 11) is 1.66. The summed E-state index contributed by atoms with van der Waals surface area (Å²) >= 11 is 0. The van der Waals surface area contributed by atoms with Gasteiger partial charge in [-0.15, -0.1) is 0 Å². The van der Waals surface area contributed by atoms with E-state index in [0.717, 1.165) is 22.6 Å². The SMILES string of the molecule is COCCNc1cc(-c2ccccc2)nc(NCc2ccc(F)cc2)n1. The zero-order chi connectivity index (χ0) is 18.2. The van der Waals surface area contributed by atoms with E-state index >= 15 is 0 Å². The van der Waals surface area contributed by atoms with Gasteiger partial charge in [-0.1, -0.05) is 42.5 Å². The minimum absolute atomic E-state index is 0.249. The Hall–Kier alpha value is -2.99. The van der Waals surface area contributed by atoms with Gasteiger partial charge in [0.1, 0.15) is 11.6 Å². The van der Waals surface area contributed by atoms with Crippen LogP contribution in [-0.4, -0.2) is 30.2 Å². The van der Waals surface area contributed by atoms with Crippen LogP contribution in [0.4, 0.5) is 16.2 Å². The summed E-state index contributed by atoms with van der Waals surface area (Å²) in [5.41, 5.74) is 2.78. The maximum Gasteiger partial charge on any atom is 0.225 e. The standard InChI is InChI=1S/C20H21FN4O/c1-26-12-11-22-19-13-18(16-5-3-2-4-6-16)24-20(25-19)23-14-15-7-9-17(21)10-8-15/h2-10,13H,11-12,14H2,1H3,(H2,22,23,24,25). The molecule has 0 fully saturated rings. The van der Waals surface area contributed by atoms with Crippen molar-refractivity contribution in [3.05, 3.63) is 72.0 Å². The van der Waals surface area contributed by atoms with Crippen molar-refractivity contribution in [2.45, 2.75) is 6.54 Å². The van der Waals surface area contributed by atoms with Crippen LogP contribution in [0.5, 0.6) is 0 Å². The van der Waals surface area contributed by atoms with E-state index in [9.17, 15) is 4.39 Å². The molecular formula is C20H21FN4O. The third-order valence-electron chi connectivity index (χ3n) is 3.77. The zero-order valence-electron chi connectivity index (χ0n) is 14.6. The lowest BCUT2D eigenvalue weighted by molar-refractivity contribution is 0.210. The highest BCUT2D eigenvalue weighted by atomic mass is 19.1.